The van der Waals surface area contributed by atoms with E-state index in [1.54, 1.807) is 0 Å². The second kappa shape index (κ2) is 56.9. The van der Waals surface area contributed by atoms with Crippen LogP contribution < -0.4 is 0 Å². The van der Waals surface area contributed by atoms with Crippen LogP contribution in [0, 0.1) is 0 Å². The Morgan fingerprint density at radius 3 is 0.899 bits per heavy atom. The van der Waals surface area contributed by atoms with Crippen molar-refractivity contribution in [3.05, 3.63) is 97.2 Å². The monoisotopic (exact) mass is 959 g/mol. The zero-order valence-corrected chi connectivity index (χ0v) is 45.0. The average Bonchev–Trinajstić information content (AvgIpc) is 3.35. The van der Waals surface area contributed by atoms with Crippen LogP contribution in [0.5, 0.6) is 0 Å². The van der Waals surface area contributed by atoms with E-state index in [4.69, 9.17) is 14.2 Å². The minimum absolute atomic E-state index is 0.0955. The Labute approximate surface area is 426 Å². The molecule has 1 atom stereocenters. The molecule has 0 aromatic rings. The number of hydrogen-bond donors (Lipinski definition) is 0. The van der Waals surface area contributed by atoms with Gasteiger partial charge >= 0.3 is 17.9 Å². The third kappa shape index (κ3) is 55.1. The van der Waals surface area contributed by atoms with Gasteiger partial charge in [0, 0.05) is 19.3 Å². The SMILES string of the molecule is CC/C=C\C/C=C\C/C=C\CCCCCCCC(=O)OC(COC(=O)CCCCC/C=C\C/C=C\C/C=C\CC)COC(=O)CCCCCCCCCCCCC/C=C\C/C=C\CCCCCCC. The molecule has 394 valence electrons. The van der Waals surface area contributed by atoms with Crippen molar-refractivity contribution in [1.29, 1.82) is 0 Å². The summed E-state index contributed by atoms with van der Waals surface area (Å²) < 4.78 is 16.8. The molecular weight excluding hydrogens is 853 g/mol. The summed E-state index contributed by atoms with van der Waals surface area (Å²) in [7, 11) is 0. The van der Waals surface area contributed by atoms with Crippen LogP contribution in [0.2, 0.25) is 0 Å². The molecule has 0 aromatic carbocycles. The van der Waals surface area contributed by atoms with Crippen molar-refractivity contribution in [3.8, 4) is 0 Å². The predicted octanol–water partition coefficient (Wildman–Crippen LogP) is 19.3. The van der Waals surface area contributed by atoms with Crippen LogP contribution >= 0.6 is 0 Å². The Morgan fingerprint density at radius 2 is 0.565 bits per heavy atom. The highest BCUT2D eigenvalue weighted by Crippen LogP contribution is 2.15. The summed E-state index contributed by atoms with van der Waals surface area (Å²) in [5, 5.41) is 0. The van der Waals surface area contributed by atoms with E-state index >= 15 is 0 Å². The van der Waals surface area contributed by atoms with Gasteiger partial charge in [0.05, 0.1) is 0 Å². The van der Waals surface area contributed by atoms with Crippen molar-refractivity contribution in [2.24, 2.45) is 0 Å². The molecule has 0 saturated heterocycles. The van der Waals surface area contributed by atoms with E-state index in [1.165, 1.54) is 96.3 Å². The fourth-order valence-electron chi connectivity index (χ4n) is 7.80. The van der Waals surface area contributed by atoms with E-state index in [1.807, 2.05) is 0 Å². The maximum Gasteiger partial charge on any atom is 0.306 e. The van der Waals surface area contributed by atoms with E-state index in [0.29, 0.717) is 19.3 Å². The molecule has 1 unspecified atom stereocenters. The van der Waals surface area contributed by atoms with Crippen molar-refractivity contribution in [2.45, 2.75) is 271 Å². The third-order valence-corrected chi connectivity index (χ3v) is 12.1. The van der Waals surface area contributed by atoms with Gasteiger partial charge in [-0.2, -0.15) is 0 Å². The molecule has 0 heterocycles. The third-order valence-electron chi connectivity index (χ3n) is 12.1. The van der Waals surface area contributed by atoms with Gasteiger partial charge in [0.15, 0.2) is 6.10 Å². The Balaban J connectivity index is 4.36. The maximum absolute atomic E-state index is 12.8. The average molecular weight is 960 g/mol. The topological polar surface area (TPSA) is 78.9 Å². The van der Waals surface area contributed by atoms with Crippen molar-refractivity contribution in [1.82, 2.24) is 0 Å². The molecular formula is C63H106O6. The van der Waals surface area contributed by atoms with Crippen molar-refractivity contribution >= 4 is 17.9 Å². The van der Waals surface area contributed by atoms with E-state index in [-0.39, 0.29) is 31.1 Å². The number of carbonyl (C=O) groups is 3. The molecule has 0 N–H and O–H groups in total. The van der Waals surface area contributed by atoms with Gasteiger partial charge in [-0.25, -0.2) is 0 Å². The number of rotatable bonds is 51. The minimum atomic E-state index is -0.800. The molecule has 0 fully saturated rings. The lowest BCUT2D eigenvalue weighted by Gasteiger charge is -2.18. The Bertz CT molecular complexity index is 1380. The second-order valence-corrected chi connectivity index (χ2v) is 18.8. The largest absolute Gasteiger partial charge is 0.462 e. The fraction of sp³-hybridized carbons (Fsp3) is 0.698. The lowest BCUT2D eigenvalue weighted by atomic mass is 10.0. The fourth-order valence-corrected chi connectivity index (χ4v) is 7.80. The number of allylic oxidation sites excluding steroid dienone is 16. The van der Waals surface area contributed by atoms with Gasteiger partial charge in [0.1, 0.15) is 13.2 Å². The highest BCUT2D eigenvalue weighted by Gasteiger charge is 2.19. The molecule has 0 bridgehead atoms. The predicted molar refractivity (Wildman–Crippen MR) is 297 cm³/mol. The maximum atomic E-state index is 12.8. The number of ether oxygens (including phenoxy) is 3. The minimum Gasteiger partial charge on any atom is -0.462 e. The van der Waals surface area contributed by atoms with Gasteiger partial charge in [-0.3, -0.25) is 14.4 Å². The molecule has 0 saturated carbocycles. The van der Waals surface area contributed by atoms with Crippen molar-refractivity contribution in [3.63, 3.8) is 0 Å². The molecule has 0 aromatic heterocycles. The summed E-state index contributed by atoms with van der Waals surface area (Å²) in [6, 6.07) is 0. The molecule has 0 amide bonds. The molecule has 6 nitrogen and oxygen atoms in total. The summed E-state index contributed by atoms with van der Waals surface area (Å²) in [5.41, 5.74) is 0. The van der Waals surface area contributed by atoms with Gasteiger partial charge in [-0.15, -0.1) is 0 Å². The normalized spacial score (nSPS) is 12.8. The Kier molecular flexibility index (Phi) is 53.9. The smallest absolute Gasteiger partial charge is 0.306 e. The number of carbonyl (C=O) groups excluding carboxylic acids is 3. The quantitative estimate of drug-likeness (QED) is 0.0262. The van der Waals surface area contributed by atoms with Crippen LogP contribution in [0.3, 0.4) is 0 Å². The molecule has 0 rings (SSSR count). The first-order chi connectivity index (χ1) is 34.0. The molecule has 0 aliphatic heterocycles. The van der Waals surface area contributed by atoms with Crippen LogP contribution in [0.1, 0.15) is 265 Å². The molecule has 0 radical (unpaired) electrons. The van der Waals surface area contributed by atoms with Crippen LogP contribution in [0.25, 0.3) is 0 Å². The molecule has 0 aliphatic carbocycles. The summed E-state index contributed by atoms with van der Waals surface area (Å²) in [6.07, 6.45) is 75.5. The first-order valence-corrected chi connectivity index (χ1v) is 28.7. The van der Waals surface area contributed by atoms with Gasteiger partial charge in [-0.05, 0) is 116 Å². The van der Waals surface area contributed by atoms with Gasteiger partial charge in [0.25, 0.3) is 0 Å². The van der Waals surface area contributed by atoms with Gasteiger partial charge in [0.2, 0.25) is 0 Å². The van der Waals surface area contributed by atoms with E-state index in [9.17, 15) is 14.4 Å². The highest BCUT2D eigenvalue weighted by molar-refractivity contribution is 5.71. The lowest BCUT2D eigenvalue weighted by molar-refractivity contribution is -0.167. The molecule has 6 heteroatoms. The zero-order chi connectivity index (χ0) is 50.0. The number of esters is 3. The molecule has 0 aliphatic rings. The Hall–Kier alpha value is -3.67. The van der Waals surface area contributed by atoms with Crippen LogP contribution in [0.15, 0.2) is 97.2 Å². The summed E-state index contributed by atoms with van der Waals surface area (Å²) in [6.45, 7) is 6.37. The standard InChI is InChI=1S/C63H106O6/c1-4-7-10-13-16-19-22-25-27-28-29-30-31-32-33-34-36-38-41-44-47-50-53-56-62(65)68-59-60(58-67-61(64)55-52-49-46-43-40-37-24-21-18-15-12-9-6-3)69-63(66)57-54-51-48-45-42-39-35-26-23-20-17-14-11-8-5-2/h8-9,11-12,17-18,20-22,25-26,28-29,35,37,40,60H,4-7,10,13-16,19,23-24,27,30-34,36,38-39,41-59H2,1-3H3/b11-8-,12-9-,20-17-,21-18-,25-22-,29-28-,35-26-,40-37-. The number of hydrogen-bond acceptors (Lipinski definition) is 6. The summed E-state index contributed by atoms with van der Waals surface area (Å²) in [5.74, 6) is -0.943. The van der Waals surface area contributed by atoms with Gasteiger partial charge in [-0.1, -0.05) is 227 Å². The van der Waals surface area contributed by atoms with E-state index in [0.717, 1.165) is 128 Å². The van der Waals surface area contributed by atoms with Gasteiger partial charge < -0.3 is 14.2 Å². The van der Waals surface area contributed by atoms with E-state index < -0.39 is 6.10 Å². The molecule has 0 spiro atoms. The van der Waals surface area contributed by atoms with Crippen LogP contribution in [0.4, 0.5) is 0 Å². The van der Waals surface area contributed by atoms with Crippen LogP contribution in [-0.4, -0.2) is 37.2 Å². The van der Waals surface area contributed by atoms with Crippen molar-refractivity contribution in [2.75, 3.05) is 13.2 Å². The Morgan fingerprint density at radius 1 is 0.304 bits per heavy atom. The lowest BCUT2D eigenvalue weighted by Crippen LogP contribution is -2.30. The molecule has 69 heavy (non-hydrogen) atoms. The first kappa shape index (κ1) is 65.3. The number of unbranched alkanes of at least 4 members (excludes halogenated alkanes) is 24. The zero-order valence-electron chi connectivity index (χ0n) is 45.0. The second-order valence-electron chi connectivity index (χ2n) is 18.8. The summed E-state index contributed by atoms with van der Waals surface area (Å²) >= 11 is 0. The van der Waals surface area contributed by atoms with Crippen LogP contribution in [-0.2, 0) is 28.6 Å². The highest BCUT2D eigenvalue weighted by atomic mass is 16.6. The summed E-state index contributed by atoms with van der Waals surface area (Å²) in [4.78, 5) is 38.1. The first-order valence-electron chi connectivity index (χ1n) is 28.7. The van der Waals surface area contributed by atoms with E-state index in [2.05, 4.69) is 118 Å². The van der Waals surface area contributed by atoms with Crippen molar-refractivity contribution < 1.29 is 28.6 Å².